The van der Waals surface area contributed by atoms with Crippen LogP contribution in [0.15, 0.2) is 36.4 Å². The quantitative estimate of drug-likeness (QED) is 0.455. The van der Waals surface area contributed by atoms with E-state index in [1.807, 2.05) is 6.08 Å². The van der Waals surface area contributed by atoms with Crippen LogP contribution in [0.3, 0.4) is 0 Å². The fourth-order valence-electron chi connectivity index (χ4n) is 3.32. The molecule has 0 aliphatic heterocycles. The molecule has 0 bridgehead atoms. The van der Waals surface area contributed by atoms with Gasteiger partial charge < -0.3 is 21.5 Å². The van der Waals surface area contributed by atoms with E-state index in [4.69, 9.17) is 5.73 Å². The summed E-state index contributed by atoms with van der Waals surface area (Å²) in [5.74, 6) is -0.705. The summed E-state index contributed by atoms with van der Waals surface area (Å²) in [6.45, 7) is 0.379. The lowest BCUT2D eigenvalue weighted by atomic mass is 10.0. The van der Waals surface area contributed by atoms with Gasteiger partial charge >= 0.3 is 0 Å². The van der Waals surface area contributed by atoms with Crippen molar-refractivity contribution in [3.8, 4) is 5.75 Å². The molecule has 152 valence electrons. The van der Waals surface area contributed by atoms with Crippen LogP contribution in [0.5, 0.6) is 5.75 Å². The minimum absolute atomic E-state index is 0.185. The first-order valence-electron chi connectivity index (χ1n) is 9.75. The van der Waals surface area contributed by atoms with Crippen LogP contribution >= 0.6 is 0 Å². The number of nitrogens with one attached hydrogen (secondary N) is 2. The summed E-state index contributed by atoms with van der Waals surface area (Å²) >= 11 is 0. The zero-order valence-corrected chi connectivity index (χ0v) is 16.0. The molecule has 2 rings (SSSR count). The molecular formula is C21H29N3O4. The van der Waals surface area contributed by atoms with Gasteiger partial charge in [-0.1, -0.05) is 43.9 Å². The summed E-state index contributed by atoms with van der Waals surface area (Å²) < 4.78 is 0. The smallest absolute Gasteiger partial charge is 0.244 e. The van der Waals surface area contributed by atoms with Gasteiger partial charge in [-0.05, 0) is 42.5 Å². The number of phenols is 1. The number of carbonyl (C=O) groups excluding carboxylic acids is 3. The standard InChI is InChI=1S/C21H29N3O4/c22-21(28)18(24-19(26)7-3-6-15-4-1-2-5-15)14-20(27)23-13-12-16-8-10-17(25)11-9-16/h3,7-11,15,18,25H,1-2,4-6,12-14H2,(H2,22,28)(H,23,27)(H,24,26)/b7-3+/t18-/m1/s1. The first-order chi connectivity index (χ1) is 13.4. The van der Waals surface area contributed by atoms with Gasteiger partial charge in [-0.2, -0.15) is 0 Å². The molecule has 1 aliphatic carbocycles. The first-order valence-corrected chi connectivity index (χ1v) is 9.75. The maximum Gasteiger partial charge on any atom is 0.244 e. The van der Waals surface area contributed by atoms with Crippen molar-refractivity contribution in [3.05, 3.63) is 42.0 Å². The van der Waals surface area contributed by atoms with Crippen LogP contribution in [-0.4, -0.2) is 35.4 Å². The van der Waals surface area contributed by atoms with Gasteiger partial charge in [0.25, 0.3) is 0 Å². The molecule has 1 saturated carbocycles. The van der Waals surface area contributed by atoms with Gasteiger partial charge in [0.05, 0.1) is 6.42 Å². The molecule has 0 radical (unpaired) electrons. The SMILES string of the molecule is NC(=O)[C@@H](CC(=O)NCCc1ccc(O)cc1)NC(=O)/C=C/CC1CCCC1. The fourth-order valence-corrected chi connectivity index (χ4v) is 3.32. The summed E-state index contributed by atoms with van der Waals surface area (Å²) in [5.41, 5.74) is 6.28. The zero-order valence-electron chi connectivity index (χ0n) is 16.0. The third kappa shape index (κ3) is 7.82. The normalized spacial score (nSPS) is 15.4. The highest BCUT2D eigenvalue weighted by Crippen LogP contribution is 2.27. The number of aromatic hydroxyl groups is 1. The Morgan fingerprint density at radius 1 is 1.18 bits per heavy atom. The van der Waals surface area contributed by atoms with E-state index in [9.17, 15) is 19.5 Å². The topological polar surface area (TPSA) is 122 Å². The number of allylic oxidation sites excluding steroid dienone is 1. The van der Waals surface area contributed by atoms with Crippen LogP contribution in [0.25, 0.3) is 0 Å². The van der Waals surface area contributed by atoms with E-state index in [0.29, 0.717) is 18.9 Å². The monoisotopic (exact) mass is 387 g/mol. The largest absolute Gasteiger partial charge is 0.508 e. The van der Waals surface area contributed by atoms with E-state index in [1.54, 1.807) is 24.3 Å². The molecule has 0 heterocycles. The van der Waals surface area contributed by atoms with Crippen molar-refractivity contribution in [3.63, 3.8) is 0 Å². The van der Waals surface area contributed by atoms with Gasteiger partial charge in [0.15, 0.2) is 0 Å². The average molecular weight is 387 g/mol. The summed E-state index contributed by atoms with van der Waals surface area (Å²) in [4.78, 5) is 35.6. The summed E-state index contributed by atoms with van der Waals surface area (Å²) in [6.07, 6.45) is 9.36. The molecule has 28 heavy (non-hydrogen) atoms. The summed E-state index contributed by atoms with van der Waals surface area (Å²) in [5, 5.41) is 14.5. The molecule has 5 N–H and O–H groups in total. The van der Waals surface area contributed by atoms with Crippen molar-refractivity contribution in [1.29, 1.82) is 0 Å². The van der Waals surface area contributed by atoms with Gasteiger partial charge in [-0.3, -0.25) is 14.4 Å². The Hall–Kier alpha value is -2.83. The van der Waals surface area contributed by atoms with Crippen LogP contribution < -0.4 is 16.4 Å². The van der Waals surface area contributed by atoms with Crippen molar-refractivity contribution in [2.75, 3.05) is 6.54 Å². The molecule has 0 spiro atoms. The maximum atomic E-state index is 12.0. The number of benzene rings is 1. The molecule has 7 nitrogen and oxygen atoms in total. The minimum Gasteiger partial charge on any atom is -0.508 e. The second-order valence-electron chi connectivity index (χ2n) is 7.22. The van der Waals surface area contributed by atoms with Gasteiger partial charge in [-0.25, -0.2) is 0 Å². The zero-order chi connectivity index (χ0) is 20.4. The number of phenolic OH excluding ortho intramolecular Hbond substituents is 1. The van der Waals surface area contributed by atoms with Gasteiger partial charge in [0, 0.05) is 6.54 Å². The number of rotatable bonds is 10. The van der Waals surface area contributed by atoms with Crippen LogP contribution in [0.4, 0.5) is 0 Å². The molecule has 1 atom stereocenters. The van der Waals surface area contributed by atoms with Gasteiger partial charge in [0.1, 0.15) is 11.8 Å². The maximum absolute atomic E-state index is 12.0. The third-order valence-corrected chi connectivity index (χ3v) is 4.94. The number of carbonyl (C=O) groups is 3. The Labute approximate surface area is 165 Å². The van der Waals surface area contributed by atoms with Crippen molar-refractivity contribution in [2.24, 2.45) is 11.7 Å². The summed E-state index contributed by atoms with van der Waals surface area (Å²) in [6, 6.07) is 5.65. The molecule has 0 aromatic heterocycles. The van der Waals surface area contributed by atoms with Crippen LogP contribution in [0, 0.1) is 5.92 Å². The molecule has 0 unspecified atom stereocenters. The molecule has 7 heteroatoms. The Bertz CT molecular complexity index is 694. The highest BCUT2D eigenvalue weighted by atomic mass is 16.3. The second-order valence-corrected chi connectivity index (χ2v) is 7.22. The lowest BCUT2D eigenvalue weighted by Crippen LogP contribution is -2.46. The Kier molecular flexibility index (Phi) is 8.52. The Morgan fingerprint density at radius 3 is 2.50 bits per heavy atom. The van der Waals surface area contributed by atoms with Crippen LogP contribution in [0.2, 0.25) is 0 Å². The predicted octanol–water partition coefficient (Wildman–Crippen LogP) is 1.55. The van der Waals surface area contributed by atoms with Crippen molar-refractivity contribution < 1.29 is 19.5 Å². The molecular weight excluding hydrogens is 358 g/mol. The van der Waals surface area contributed by atoms with E-state index in [-0.39, 0.29) is 18.1 Å². The van der Waals surface area contributed by atoms with E-state index < -0.39 is 17.9 Å². The van der Waals surface area contributed by atoms with Crippen LogP contribution in [-0.2, 0) is 20.8 Å². The Morgan fingerprint density at radius 2 is 1.86 bits per heavy atom. The first kappa shape index (κ1) is 21.5. The predicted molar refractivity (Wildman–Crippen MR) is 106 cm³/mol. The van der Waals surface area contributed by atoms with Gasteiger partial charge in [-0.15, -0.1) is 0 Å². The highest BCUT2D eigenvalue weighted by Gasteiger charge is 2.20. The van der Waals surface area contributed by atoms with Crippen LogP contribution in [0.1, 0.15) is 44.1 Å². The van der Waals surface area contributed by atoms with E-state index in [0.717, 1.165) is 12.0 Å². The minimum atomic E-state index is -1.04. The second kappa shape index (κ2) is 11.1. The lowest BCUT2D eigenvalue weighted by molar-refractivity contribution is -0.129. The number of primary amides is 1. The number of amides is 3. The van der Waals surface area contributed by atoms with E-state index in [1.165, 1.54) is 31.8 Å². The van der Waals surface area contributed by atoms with E-state index >= 15 is 0 Å². The summed E-state index contributed by atoms with van der Waals surface area (Å²) in [7, 11) is 0. The number of nitrogens with two attached hydrogens (primary N) is 1. The molecule has 3 amide bonds. The third-order valence-electron chi connectivity index (χ3n) is 4.94. The number of hydrogen-bond acceptors (Lipinski definition) is 4. The van der Waals surface area contributed by atoms with Crippen molar-refractivity contribution >= 4 is 17.7 Å². The molecule has 1 aromatic rings. The van der Waals surface area contributed by atoms with E-state index in [2.05, 4.69) is 10.6 Å². The highest BCUT2D eigenvalue weighted by molar-refractivity contribution is 5.94. The van der Waals surface area contributed by atoms with Crippen molar-refractivity contribution in [2.45, 2.75) is 51.0 Å². The lowest BCUT2D eigenvalue weighted by Gasteiger charge is -2.14. The molecule has 0 saturated heterocycles. The molecule has 1 fully saturated rings. The van der Waals surface area contributed by atoms with Gasteiger partial charge in [0.2, 0.25) is 17.7 Å². The number of hydrogen-bond donors (Lipinski definition) is 4. The van der Waals surface area contributed by atoms with Crippen molar-refractivity contribution in [1.82, 2.24) is 10.6 Å². The molecule has 1 aromatic carbocycles. The Balaban J connectivity index is 1.71. The fraction of sp³-hybridized carbons (Fsp3) is 0.476. The molecule has 1 aliphatic rings. The average Bonchev–Trinajstić information content (AvgIpc) is 3.16.